The highest BCUT2D eigenvalue weighted by atomic mass is 79.9. The van der Waals surface area contributed by atoms with Crippen molar-refractivity contribution in [1.82, 2.24) is 4.90 Å². The Morgan fingerprint density at radius 2 is 1.93 bits per heavy atom. The van der Waals surface area contributed by atoms with Crippen molar-refractivity contribution in [3.8, 4) is 0 Å². The monoisotopic (exact) mass is 271 g/mol. The summed E-state index contributed by atoms with van der Waals surface area (Å²) in [5.74, 6) is 1.06. The number of nitrogens with zero attached hydrogens (tertiary/aromatic N) is 1. The standard InChI is InChI=1S/C13H22BrN/c14-9-13(6-7-13)10-15-8-5-11-3-1-2-4-12(11)15/h11-12H,1-10H2. The largest absolute Gasteiger partial charge is 0.300 e. The Bertz CT molecular complexity index is 237. The third kappa shape index (κ3) is 2.00. The molecule has 2 aliphatic carbocycles. The zero-order chi connectivity index (χ0) is 10.3. The quantitative estimate of drug-likeness (QED) is 0.711. The molecule has 0 spiro atoms. The average Bonchev–Trinajstić information content (AvgIpc) is 2.95. The molecule has 0 bridgehead atoms. The van der Waals surface area contributed by atoms with Crippen LogP contribution in [0.1, 0.15) is 44.9 Å². The fourth-order valence-electron chi connectivity index (χ4n) is 3.64. The average molecular weight is 272 g/mol. The maximum atomic E-state index is 3.70. The summed E-state index contributed by atoms with van der Waals surface area (Å²) in [6.45, 7) is 2.78. The second-order valence-corrected chi connectivity index (χ2v) is 6.57. The molecule has 15 heavy (non-hydrogen) atoms. The topological polar surface area (TPSA) is 3.24 Å². The Labute approximate surface area is 102 Å². The Morgan fingerprint density at radius 1 is 1.13 bits per heavy atom. The molecular formula is C13H22BrN. The smallest absolute Gasteiger partial charge is 0.0124 e. The van der Waals surface area contributed by atoms with Crippen LogP contribution < -0.4 is 0 Å². The van der Waals surface area contributed by atoms with Crippen LogP contribution in [0.2, 0.25) is 0 Å². The predicted molar refractivity (Wildman–Crippen MR) is 67.4 cm³/mol. The van der Waals surface area contributed by atoms with Crippen LogP contribution in [0.5, 0.6) is 0 Å². The number of fused-ring (bicyclic) bond motifs is 1. The van der Waals surface area contributed by atoms with Crippen LogP contribution in [0.15, 0.2) is 0 Å². The van der Waals surface area contributed by atoms with Crippen molar-refractivity contribution in [2.75, 3.05) is 18.4 Å². The maximum Gasteiger partial charge on any atom is 0.0124 e. The molecule has 2 atom stereocenters. The van der Waals surface area contributed by atoms with E-state index in [9.17, 15) is 0 Å². The second kappa shape index (κ2) is 4.03. The maximum absolute atomic E-state index is 3.70. The third-order valence-electron chi connectivity index (χ3n) is 4.90. The first-order valence-electron chi connectivity index (χ1n) is 6.63. The van der Waals surface area contributed by atoms with Crippen LogP contribution in [-0.2, 0) is 0 Å². The first kappa shape index (κ1) is 10.6. The number of hydrogen-bond acceptors (Lipinski definition) is 1. The van der Waals surface area contributed by atoms with E-state index >= 15 is 0 Å². The van der Waals surface area contributed by atoms with Gasteiger partial charge in [0.25, 0.3) is 0 Å². The van der Waals surface area contributed by atoms with Gasteiger partial charge in [-0.15, -0.1) is 0 Å². The number of alkyl halides is 1. The molecule has 1 heterocycles. The van der Waals surface area contributed by atoms with Gasteiger partial charge in [-0.1, -0.05) is 28.8 Å². The van der Waals surface area contributed by atoms with Gasteiger partial charge in [0.2, 0.25) is 0 Å². The zero-order valence-corrected chi connectivity index (χ0v) is 11.1. The molecular weight excluding hydrogens is 250 g/mol. The third-order valence-corrected chi connectivity index (χ3v) is 6.09. The van der Waals surface area contributed by atoms with Crippen LogP contribution in [0.25, 0.3) is 0 Å². The lowest BCUT2D eigenvalue weighted by atomic mass is 9.85. The van der Waals surface area contributed by atoms with Gasteiger partial charge in [-0.2, -0.15) is 0 Å². The summed E-state index contributed by atoms with van der Waals surface area (Å²) in [6, 6.07) is 0.968. The Hall–Kier alpha value is 0.440. The van der Waals surface area contributed by atoms with Crippen LogP contribution in [0.3, 0.4) is 0 Å². The van der Waals surface area contributed by atoms with Crippen LogP contribution in [0, 0.1) is 11.3 Å². The molecule has 0 amide bonds. The van der Waals surface area contributed by atoms with E-state index in [0.717, 1.165) is 12.0 Å². The van der Waals surface area contributed by atoms with E-state index in [4.69, 9.17) is 0 Å². The molecule has 3 fully saturated rings. The van der Waals surface area contributed by atoms with Crippen molar-refractivity contribution < 1.29 is 0 Å². The first-order valence-corrected chi connectivity index (χ1v) is 7.75. The summed E-state index contributed by atoms with van der Waals surface area (Å²) in [4.78, 5) is 2.83. The first-order chi connectivity index (χ1) is 7.33. The van der Waals surface area contributed by atoms with Crippen molar-refractivity contribution >= 4 is 15.9 Å². The van der Waals surface area contributed by atoms with E-state index in [1.165, 1.54) is 63.4 Å². The van der Waals surface area contributed by atoms with Gasteiger partial charge in [-0.25, -0.2) is 0 Å². The molecule has 0 radical (unpaired) electrons. The molecule has 1 nitrogen and oxygen atoms in total. The zero-order valence-electron chi connectivity index (χ0n) is 9.55. The molecule has 2 unspecified atom stereocenters. The highest BCUT2D eigenvalue weighted by Gasteiger charge is 2.46. The van der Waals surface area contributed by atoms with Crippen LogP contribution in [0.4, 0.5) is 0 Å². The summed E-state index contributed by atoms with van der Waals surface area (Å²) in [5, 5.41) is 1.23. The highest BCUT2D eigenvalue weighted by molar-refractivity contribution is 9.09. The number of halogens is 1. The van der Waals surface area contributed by atoms with Gasteiger partial charge in [0.1, 0.15) is 0 Å². The minimum absolute atomic E-state index is 0.687. The van der Waals surface area contributed by atoms with Gasteiger partial charge in [0.05, 0.1) is 0 Å². The highest BCUT2D eigenvalue weighted by Crippen LogP contribution is 2.49. The van der Waals surface area contributed by atoms with Crippen molar-refractivity contribution in [2.24, 2.45) is 11.3 Å². The predicted octanol–water partition coefficient (Wildman–Crippen LogP) is 3.43. The molecule has 3 aliphatic rings. The normalized spacial score (nSPS) is 39.0. The summed E-state index contributed by atoms with van der Waals surface area (Å²) >= 11 is 3.70. The lowest BCUT2D eigenvalue weighted by Crippen LogP contribution is -2.38. The number of hydrogen-bond donors (Lipinski definition) is 0. The van der Waals surface area contributed by atoms with Gasteiger partial charge in [0.15, 0.2) is 0 Å². The van der Waals surface area contributed by atoms with Gasteiger partial charge < -0.3 is 0 Å². The van der Waals surface area contributed by atoms with Crippen molar-refractivity contribution in [2.45, 2.75) is 51.0 Å². The molecule has 1 saturated heterocycles. The fourth-order valence-corrected chi connectivity index (χ4v) is 4.38. The van der Waals surface area contributed by atoms with Gasteiger partial charge >= 0.3 is 0 Å². The lowest BCUT2D eigenvalue weighted by molar-refractivity contribution is 0.159. The van der Waals surface area contributed by atoms with E-state index in [2.05, 4.69) is 20.8 Å². The molecule has 1 aliphatic heterocycles. The van der Waals surface area contributed by atoms with Crippen LogP contribution >= 0.6 is 15.9 Å². The number of rotatable bonds is 3. The van der Waals surface area contributed by atoms with E-state index in [0.29, 0.717) is 5.41 Å². The van der Waals surface area contributed by atoms with E-state index in [1.807, 2.05) is 0 Å². The van der Waals surface area contributed by atoms with Gasteiger partial charge in [-0.3, -0.25) is 4.90 Å². The lowest BCUT2D eigenvalue weighted by Gasteiger charge is -2.33. The molecule has 86 valence electrons. The van der Waals surface area contributed by atoms with Gasteiger partial charge in [-0.05, 0) is 50.0 Å². The number of likely N-dealkylation sites (tertiary alicyclic amines) is 1. The van der Waals surface area contributed by atoms with E-state index in [-0.39, 0.29) is 0 Å². The van der Waals surface area contributed by atoms with E-state index < -0.39 is 0 Å². The summed E-state index contributed by atoms with van der Waals surface area (Å²) in [6.07, 6.45) is 10.4. The van der Waals surface area contributed by atoms with Crippen molar-refractivity contribution in [3.05, 3.63) is 0 Å². The molecule has 0 aromatic carbocycles. The van der Waals surface area contributed by atoms with Crippen molar-refractivity contribution in [3.63, 3.8) is 0 Å². The SMILES string of the molecule is BrCC1(CN2CCC3CCCCC32)CC1. The Balaban J connectivity index is 1.62. The van der Waals surface area contributed by atoms with E-state index in [1.54, 1.807) is 0 Å². The minimum Gasteiger partial charge on any atom is -0.300 e. The molecule has 0 aromatic heterocycles. The second-order valence-electron chi connectivity index (χ2n) is 6.00. The Morgan fingerprint density at radius 3 is 2.67 bits per heavy atom. The molecule has 0 aromatic rings. The fraction of sp³-hybridized carbons (Fsp3) is 1.00. The summed E-state index contributed by atoms with van der Waals surface area (Å²) < 4.78 is 0. The van der Waals surface area contributed by atoms with Gasteiger partial charge in [0, 0.05) is 17.9 Å². The molecule has 2 heteroatoms. The molecule has 3 rings (SSSR count). The summed E-state index contributed by atoms with van der Waals surface area (Å²) in [5.41, 5.74) is 0.687. The minimum atomic E-state index is 0.687. The Kier molecular flexibility index (Phi) is 2.84. The summed E-state index contributed by atoms with van der Waals surface area (Å²) in [7, 11) is 0. The molecule has 2 saturated carbocycles. The molecule has 0 N–H and O–H groups in total. The van der Waals surface area contributed by atoms with Crippen molar-refractivity contribution in [1.29, 1.82) is 0 Å². The van der Waals surface area contributed by atoms with Crippen LogP contribution in [-0.4, -0.2) is 29.4 Å².